The summed E-state index contributed by atoms with van der Waals surface area (Å²) in [5.41, 5.74) is 2.19. The minimum atomic E-state index is -1.06. The highest BCUT2D eigenvalue weighted by molar-refractivity contribution is 7.87. The lowest BCUT2D eigenvalue weighted by Crippen LogP contribution is -2.33. The van der Waals surface area contributed by atoms with Crippen molar-refractivity contribution in [3.8, 4) is 0 Å². The molecule has 1 saturated heterocycles. The molecule has 2 aliphatic rings. The zero-order valence-electron chi connectivity index (χ0n) is 13.0. The topological polar surface area (TPSA) is 46.5 Å². The first-order chi connectivity index (χ1) is 10.1. The van der Waals surface area contributed by atoms with E-state index in [9.17, 15) is 9.32 Å². The molecule has 5 atom stereocenters. The molecule has 116 valence electrons. The average Bonchev–Trinajstić information content (AvgIpc) is 3.13. The molecule has 2 fully saturated rings. The molecule has 0 bridgehead atoms. The summed E-state index contributed by atoms with van der Waals surface area (Å²) in [6, 6.07) is 6.07. The molecule has 1 N–H and O–H groups in total. The molecule has 21 heavy (non-hydrogen) atoms. The van der Waals surface area contributed by atoms with Crippen LogP contribution in [0.2, 0.25) is 0 Å². The summed E-state index contributed by atoms with van der Waals surface area (Å²) >= 11 is 0. The van der Waals surface area contributed by atoms with E-state index >= 15 is 0 Å². The van der Waals surface area contributed by atoms with Gasteiger partial charge in [0, 0.05) is 17.4 Å². The molecule has 1 aliphatic carbocycles. The second-order valence-electron chi connectivity index (χ2n) is 6.34. The lowest BCUT2D eigenvalue weighted by molar-refractivity contribution is 0.00394. The highest BCUT2D eigenvalue weighted by Crippen LogP contribution is 2.62. The highest BCUT2D eigenvalue weighted by Gasteiger charge is 2.71. The second-order valence-corrected chi connectivity index (χ2v) is 8.04. The third kappa shape index (κ3) is 2.19. The van der Waals surface area contributed by atoms with Gasteiger partial charge in [-0.15, -0.1) is 0 Å². The van der Waals surface area contributed by atoms with Crippen molar-refractivity contribution in [2.75, 3.05) is 6.61 Å². The zero-order valence-corrected chi connectivity index (χ0v) is 13.8. The number of benzene rings is 1. The first kappa shape index (κ1) is 15.2. The predicted octanol–water partition coefficient (Wildman–Crippen LogP) is 2.73. The largest absolute Gasteiger partial charge is 0.396 e. The fourth-order valence-corrected chi connectivity index (χ4v) is 6.22. The van der Waals surface area contributed by atoms with Crippen LogP contribution in [0, 0.1) is 19.8 Å². The SMILES string of the molecule is CC[C@@H]1O[C@H](CCO)[C@]2(S(=O)c3c(C)cccc3C)C[C@H]12. The molecule has 4 heteroatoms. The number of rotatable bonds is 5. The fraction of sp³-hybridized carbons (Fsp3) is 0.647. The van der Waals surface area contributed by atoms with Crippen LogP contribution in [0.15, 0.2) is 23.1 Å². The number of hydrogen-bond donors (Lipinski definition) is 1. The van der Waals surface area contributed by atoms with E-state index in [0.717, 1.165) is 28.9 Å². The molecular weight excluding hydrogens is 284 g/mol. The second kappa shape index (κ2) is 5.49. The molecule has 0 amide bonds. The molecule has 1 aromatic carbocycles. The lowest BCUT2D eigenvalue weighted by atomic mass is 10.1. The molecule has 1 saturated carbocycles. The van der Waals surface area contributed by atoms with Crippen LogP contribution in [0.5, 0.6) is 0 Å². The number of aliphatic hydroxyl groups excluding tert-OH is 1. The minimum Gasteiger partial charge on any atom is -0.396 e. The molecule has 1 aliphatic heterocycles. The van der Waals surface area contributed by atoms with Crippen LogP contribution >= 0.6 is 0 Å². The van der Waals surface area contributed by atoms with Crippen molar-refractivity contribution in [3.05, 3.63) is 29.3 Å². The van der Waals surface area contributed by atoms with Gasteiger partial charge in [0.1, 0.15) is 0 Å². The van der Waals surface area contributed by atoms with Crippen LogP contribution in [0.3, 0.4) is 0 Å². The molecule has 0 spiro atoms. The van der Waals surface area contributed by atoms with E-state index in [-0.39, 0.29) is 23.6 Å². The Labute approximate surface area is 129 Å². The summed E-state index contributed by atoms with van der Waals surface area (Å²) < 4.78 is 19.2. The Hall–Kier alpha value is -0.710. The van der Waals surface area contributed by atoms with E-state index in [4.69, 9.17) is 4.74 Å². The minimum absolute atomic E-state index is 0.0720. The summed E-state index contributed by atoms with van der Waals surface area (Å²) in [5.74, 6) is 0.388. The van der Waals surface area contributed by atoms with E-state index in [1.54, 1.807) is 0 Å². The van der Waals surface area contributed by atoms with Gasteiger partial charge in [0.25, 0.3) is 0 Å². The zero-order chi connectivity index (χ0) is 15.2. The normalized spacial score (nSPS) is 35.5. The van der Waals surface area contributed by atoms with E-state index in [0.29, 0.717) is 12.3 Å². The number of ether oxygens (including phenoxy) is 1. The lowest BCUT2D eigenvalue weighted by Gasteiger charge is -2.24. The van der Waals surface area contributed by atoms with Gasteiger partial charge in [-0.3, -0.25) is 4.21 Å². The molecule has 1 unspecified atom stereocenters. The Kier molecular flexibility index (Phi) is 3.97. The van der Waals surface area contributed by atoms with Gasteiger partial charge in [-0.1, -0.05) is 25.1 Å². The quantitative estimate of drug-likeness (QED) is 0.910. The maximum atomic E-state index is 13.3. The van der Waals surface area contributed by atoms with Gasteiger partial charge in [0.15, 0.2) is 0 Å². The molecule has 1 heterocycles. The number of hydrogen-bond acceptors (Lipinski definition) is 3. The molecule has 0 radical (unpaired) electrons. The summed E-state index contributed by atoms with van der Waals surface area (Å²) in [6.07, 6.45) is 2.64. The Morgan fingerprint density at radius 2 is 2.05 bits per heavy atom. The Balaban J connectivity index is 1.97. The number of aryl methyl sites for hydroxylation is 2. The van der Waals surface area contributed by atoms with Crippen LogP contribution in [0.25, 0.3) is 0 Å². The predicted molar refractivity (Wildman–Crippen MR) is 83.8 cm³/mol. The van der Waals surface area contributed by atoms with Gasteiger partial charge in [0.05, 0.1) is 27.8 Å². The van der Waals surface area contributed by atoms with E-state index in [1.807, 2.05) is 32.0 Å². The van der Waals surface area contributed by atoms with E-state index in [1.165, 1.54) is 0 Å². The van der Waals surface area contributed by atoms with Gasteiger partial charge in [0.2, 0.25) is 0 Å². The van der Waals surface area contributed by atoms with Crippen molar-refractivity contribution in [2.24, 2.45) is 5.92 Å². The Morgan fingerprint density at radius 1 is 1.38 bits per heavy atom. The summed E-state index contributed by atoms with van der Waals surface area (Å²) in [4.78, 5) is 0.975. The first-order valence-electron chi connectivity index (χ1n) is 7.80. The maximum absolute atomic E-state index is 13.3. The van der Waals surface area contributed by atoms with Crippen LogP contribution in [-0.4, -0.2) is 32.9 Å². The van der Waals surface area contributed by atoms with Crippen molar-refractivity contribution in [1.29, 1.82) is 0 Å². The van der Waals surface area contributed by atoms with Crippen molar-refractivity contribution >= 4 is 10.8 Å². The summed E-state index contributed by atoms with van der Waals surface area (Å²) in [5, 5.41) is 9.32. The van der Waals surface area contributed by atoms with Crippen molar-refractivity contribution in [3.63, 3.8) is 0 Å². The number of fused-ring (bicyclic) bond motifs is 1. The standard InChI is InChI=1S/C17H24O3S/c1-4-14-13-10-17(13,15(20-14)8-9-18)21(19)16-11(2)6-5-7-12(16)3/h5-7,13-15,18H,4,8-10H2,1-3H3/t13-,14+,15-,17+,21?/m1/s1. The highest BCUT2D eigenvalue weighted by atomic mass is 32.2. The third-order valence-electron chi connectivity index (χ3n) is 5.07. The van der Waals surface area contributed by atoms with Crippen LogP contribution in [0.4, 0.5) is 0 Å². The Bertz CT molecular complexity index is 551. The maximum Gasteiger partial charge on any atom is 0.0825 e. The van der Waals surface area contributed by atoms with Gasteiger partial charge in [-0.05, 0) is 44.2 Å². The van der Waals surface area contributed by atoms with Gasteiger partial charge in [-0.25, -0.2) is 0 Å². The van der Waals surface area contributed by atoms with E-state index in [2.05, 4.69) is 6.92 Å². The fourth-order valence-electron chi connectivity index (χ4n) is 3.95. The van der Waals surface area contributed by atoms with Crippen LogP contribution in [-0.2, 0) is 15.5 Å². The molecule has 3 nitrogen and oxygen atoms in total. The van der Waals surface area contributed by atoms with Crippen LogP contribution < -0.4 is 0 Å². The van der Waals surface area contributed by atoms with Gasteiger partial charge < -0.3 is 9.84 Å². The number of aliphatic hydroxyl groups is 1. The molecule has 0 aromatic heterocycles. The molecule has 3 rings (SSSR count). The van der Waals surface area contributed by atoms with Crippen LogP contribution in [0.1, 0.15) is 37.3 Å². The van der Waals surface area contributed by atoms with E-state index < -0.39 is 10.8 Å². The van der Waals surface area contributed by atoms with Gasteiger partial charge >= 0.3 is 0 Å². The van der Waals surface area contributed by atoms with Gasteiger partial charge in [-0.2, -0.15) is 0 Å². The molecular formula is C17H24O3S. The monoisotopic (exact) mass is 308 g/mol. The van der Waals surface area contributed by atoms with Crippen molar-refractivity contribution in [1.82, 2.24) is 0 Å². The average molecular weight is 308 g/mol. The summed E-state index contributed by atoms with van der Waals surface area (Å²) in [6.45, 7) is 6.28. The van der Waals surface area contributed by atoms with Crippen molar-refractivity contribution in [2.45, 2.75) is 61.9 Å². The summed E-state index contributed by atoms with van der Waals surface area (Å²) in [7, 11) is -1.06. The van der Waals surface area contributed by atoms with Crippen molar-refractivity contribution < 1.29 is 14.1 Å². The smallest absolute Gasteiger partial charge is 0.0825 e. The third-order valence-corrected chi connectivity index (χ3v) is 7.51. The Morgan fingerprint density at radius 3 is 2.62 bits per heavy atom. The first-order valence-corrected chi connectivity index (χ1v) is 8.95. The molecule has 1 aromatic rings.